The standard InChI is InChI=1S/C16H20Cl2N2O2/c1-10(2)14(16(22)20-7-3-4-8-20)19-15(21)12-6-5-11(17)9-13(12)18/h5-6,9-10,14H,3-4,7-8H2,1-2H3,(H,19,21)/t14-/m1/s1. The monoisotopic (exact) mass is 342 g/mol. The molecule has 2 rings (SSSR count). The van der Waals surface area contributed by atoms with Gasteiger partial charge in [0.05, 0.1) is 10.6 Å². The molecular weight excluding hydrogens is 323 g/mol. The number of halogens is 2. The lowest BCUT2D eigenvalue weighted by Crippen LogP contribution is -2.50. The fourth-order valence-electron chi connectivity index (χ4n) is 2.54. The van der Waals surface area contributed by atoms with E-state index in [-0.39, 0.29) is 22.8 Å². The Kier molecular flexibility index (Phi) is 5.70. The lowest BCUT2D eigenvalue weighted by atomic mass is 10.0. The minimum atomic E-state index is -0.544. The summed E-state index contributed by atoms with van der Waals surface area (Å²) in [4.78, 5) is 26.8. The van der Waals surface area contributed by atoms with Crippen LogP contribution in [0.2, 0.25) is 10.0 Å². The zero-order chi connectivity index (χ0) is 16.3. The molecule has 0 spiro atoms. The summed E-state index contributed by atoms with van der Waals surface area (Å²) in [5.41, 5.74) is 0.325. The summed E-state index contributed by atoms with van der Waals surface area (Å²) in [5.74, 6) is -0.373. The van der Waals surface area contributed by atoms with E-state index in [0.29, 0.717) is 10.6 Å². The lowest BCUT2D eigenvalue weighted by Gasteiger charge is -2.26. The highest BCUT2D eigenvalue weighted by Crippen LogP contribution is 2.21. The zero-order valence-electron chi connectivity index (χ0n) is 12.7. The molecule has 0 aromatic heterocycles. The summed E-state index contributed by atoms with van der Waals surface area (Å²) in [6, 6.07) is 4.15. The van der Waals surface area contributed by atoms with E-state index in [0.717, 1.165) is 25.9 Å². The maximum absolute atomic E-state index is 12.5. The van der Waals surface area contributed by atoms with Gasteiger partial charge in [-0.2, -0.15) is 0 Å². The van der Waals surface area contributed by atoms with Gasteiger partial charge in [-0.05, 0) is 37.0 Å². The molecule has 0 unspecified atom stereocenters. The van der Waals surface area contributed by atoms with Crippen molar-refractivity contribution in [2.45, 2.75) is 32.7 Å². The van der Waals surface area contributed by atoms with Gasteiger partial charge in [0, 0.05) is 18.1 Å². The average Bonchev–Trinajstić information content (AvgIpc) is 2.97. The molecule has 1 aliphatic heterocycles. The number of hydrogen-bond donors (Lipinski definition) is 1. The van der Waals surface area contributed by atoms with E-state index >= 15 is 0 Å². The van der Waals surface area contributed by atoms with Gasteiger partial charge >= 0.3 is 0 Å². The number of likely N-dealkylation sites (tertiary alicyclic amines) is 1. The van der Waals surface area contributed by atoms with Crippen molar-refractivity contribution in [1.82, 2.24) is 10.2 Å². The van der Waals surface area contributed by atoms with Crippen LogP contribution in [0.25, 0.3) is 0 Å². The van der Waals surface area contributed by atoms with E-state index in [1.165, 1.54) is 6.07 Å². The Labute approximate surface area is 140 Å². The minimum Gasteiger partial charge on any atom is -0.341 e. The maximum atomic E-state index is 12.5. The van der Waals surface area contributed by atoms with Crippen LogP contribution in [0.5, 0.6) is 0 Å². The quantitative estimate of drug-likeness (QED) is 0.911. The normalized spacial score (nSPS) is 16.0. The van der Waals surface area contributed by atoms with E-state index in [4.69, 9.17) is 23.2 Å². The van der Waals surface area contributed by atoms with Gasteiger partial charge in [-0.1, -0.05) is 37.0 Å². The molecule has 0 bridgehead atoms. The van der Waals surface area contributed by atoms with Crippen molar-refractivity contribution in [2.24, 2.45) is 5.92 Å². The first-order valence-corrected chi connectivity index (χ1v) is 8.20. The van der Waals surface area contributed by atoms with Crippen LogP contribution in [-0.4, -0.2) is 35.8 Å². The van der Waals surface area contributed by atoms with Crippen molar-refractivity contribution in [2.75, 3.05) is 13.1 Å². The predicted molar refractivity (Wildman–Crippen MR) is 88.4 cm³/mol. The summed E-state index contributed by atoms with van der Waals surface area (Å²) < 4.78 is 0. The van der Waals surface area contributed by atoms with Crippen molar-refractivity contribution in [3.8, 4) is 0 Å². The topological polar surface area (TPSA) is 49.4 Å². The molecule has 0 aliphatic carbocycles. The number of amides is 2. The third-order valence-electron chi connectivity index (χ3n) is 3.81. The number of carbonyl (C=O) groups excluding carboxylic acids is 2. The van der Waals surface area contributed by atoms with Crippen molar-refractivity contribution < 1.29 is 9.59 Å². The highest BCUT2D eigenvalue weighted by Gasteiger charge is 2.30. The molecule has 4 nitrogen and oxygen atoms in total. The molecule has 1 N–H and O–H groups in total. The number of benzene rings is 1. The molecule has 22 heavy (non-hydrogen) atoms. The third-order valence-corrected chi connectivity index (χ3v) is 4.36. The Morgan fingerprint density at radius 2 is 1.82 bits per heavy atom. The van der Waals surface area contributed by atoms with Crippen molar-refractivity contribution in [3.63, 3.8) is 0 Å². The average molecular weight is 343 g/mol. The predicted octanol–water partition coefficient (Wildman–Crippen LogP) is 3.37. The second kappa shape index (κ2) is 7.34. The van der Waals surface area contributed by atoms with Gasteiger partial charge in [-0.3, -0.25) is 9.59 Å². The van der Waals surface area contributed by atoms with Gasteiger partial charge in [-0.15, -0.1) is 0 Å². The number of nitrogens with zero attached hydrogens (tertiary/aromatic N) is 1. The van der Waals surface area contributed by atoms with Crippen LogP contribution in [0.3, 0.4) is 0 Å². The van der Waals surface area contributed by atoms with Crippen LogP contribution < -0.4 is 5.32 Å². The van der Waals surface area contributed by atoms with E-state index in [1.807, 2.05) is 18.7 Å². The van der Waals surface area contributed by atoms with Gasteiger partial charge in [-0.25, -0.2) is 0 Å². The first-order valence-electron chi connectivity index (χ1n) is 7.45. The molecule has 120 valence electrons. The Bertz CT molecular complexity index is 569. The molecule has 1 aliphatic rings. The number of rotatable bonds is 4. The lowest BCUT2D eigenvalue weighted by molar-refractivity contribution is -0.133. The van der Waals surface area contributed by atoms with E-state index in [2.05, 4.69) is 5.32 Å². The third kappa shape index (κ3) is 3.93. The molecule has 1 heterocycles. The summed E-state index contributed by atoms with van der Waals surface area (Å²) in [5, 5.41) is 3.56. The van der Waals surface area contributed by atoms with Crippen molar-refractivity contribution in [1.29, 1.82) is 0 Å². The highest BCUT2D eigenvalue weighted by molar-refractivity contribution is 6.36. The smallest absolute Gasteiger partial charge is 0.253 e. The summed E-state index contributed by atoms with van der Waals surface area (Å²) in [6.07, 6.45) is 2.04. The Morgan fingerprint density at radius 1 is 1.18 bits per heavy atom. The number of carbonyl (C=O) groups is 2. The van der Waals surface area contributed by atoms with Gasteiger partial charge < -0.3 is 10.2 Å². The van der Waals surface area contributed by atoms with Crippen molar-refractivity contribution >= 4 is 35.0 Å². The fraction of sp³-hybridized carbons (Fsp3) is 0.500. The first kappa shape index (κ1) is 17.1. The first-order chi connectivity index (χ1) is 10.4. The molecule has 2 amide bonds. The van der Waals surface area contributed by atoms with E-state index in [9.17, 15) is 9.59 Å². The number of hydrogen-bond acceptors (Lipinski definition) is 2. The summed E-state index contributed by atoms with van der Waals surface area (Å²) in [6.45, 7) is 5.37. The molecule has 1 fully saturated rings. The van der Waals surface area contributed by atoms with Crippen LogP contribution in [0.1, 0.15) is 37.0 Å². The molecule has 6 heteroatoms. The largest absolute Gasteiger partial charge is 0.341 e. The second-order valence-electron chi connectivity index (χ2n) is 5.85. The van der Waals surface area contributed by atoms with Gasteiger partial charge in [0.2, 0.25) is 5.91 Å². The molecule has 1 aromatic rings. The number of nitrogens with one attached hydrogen (secondary N) is 1. The molecule has 0 radical (unpaired) electrons. The summed E-state index contributed by atoms with van der Waals surface area (Å²) >= 11 is 11.9. The molecule has 1 atom stereocenters. The van der Waals surface area contributed by atoms with Crippen LogP contribution in [0.4, 0.5) is 0 Å². The van der Waals surface area contributed by atoms with Crippen LogP contribution in [0.15, 0.2) is 18.2 Å². The second-order valence-corrected chi connectivity index (χ2v) is 6.70. The van der Waals surface area contributed by atoms with E-state index < -0.39 is 6.04 Å². The van der Waals surface area contributed by atoms with Gasteiger partial charge in [0.1, 0.15) is 6.04 Å². The van der Waals surface area contributed by atoms with E-state index in [1.54, 1.807) is 12.1 Å². The SMILES string of the molecule is CC(C)[C@@H](NC(=O)c1ccc(Cl)cc1Cl)C(=O)N1CCCC1. The van der Waals surface area contributed by atoms with Crippen molar-refractivity contribution in [3.05, 3.63) is 33.8 Å². The molecule has 1 aromatic carbocycles. The molecule has 1 saturated heterocycles. The van der Waals surface area contributed by atoms with Crippen LogP contribution in [-0.2, 0) is 4.79 Å². The Balaban J connectivity index is 2.13. The maximum Gasteiger partial charge on any atom is 0.253 e. The fourth-order valence-corrected chi connectivity index (χ4v) is 3.03. The van der Waals surface area contributed by atoms with Gasteiger partial charge in [0.25, 0.3) is 5.91 Å². The zero-order valence-corrected chi connectivity index (χ0v) is 14.2. The Hall–Kier alpha value is -1.26. The molecular formula is C16H20Cl2N2O2. The Morgan fingerprint density at radius 3 is 2.36 bits per heavy atom. The van der Waals surface area contributed by atoms with Crippen LogP contribution >= 0.6 is 23.2 Å². The minimum absolute atomic E-state index is 0.00289. The highest BCUT2D eigenvalue weighted by atomic mass is 35.5. The van der Waals surface area contributed by atoms with Crippen LogP contribution in [0, 0.1) is 5.92 Å². The summed E-state index contributed by atoms with van der Waals surface area (Å²) in [7, 11) is 0. The van der Waals surface area contributed by atoms with Gasteiger partial charge in [0.15, 0.2) is 0 Å². The molecule has 0 saturated carbocycles.